The summed E-state index contributed by atoms with van der Waals surface area (Å²) in [4.78, 5) is 13.4. The van der Waals surface area contributed by atoms with E-state index >= 15 is 0 Å². The van der Waals surface area contributed by atoms with Gasteiger partial charge in [0.15, 0.2) is 0 Å². The molecule has 0 aliphatic heterocycles. The first-order valence-electron chi connectivity index (χ1n) is 11.7. The predicted molar refractivity (Wildman–Crippen MR) is 137 cm³/mol. The highest BCUT2D eigenvalue weighted by Crippen LogP contribution is 2.33. The fourth-order valence-electron chi connectivity index (χ4n) is 4.67. The summed E-state index contributed by atoms with van der Waals surface area (Å²) in [5.74, 6) is 0.591. The first kappa shape index (κ1) is 22.6. The summed E-state index contributed by atoms with van der Waals surface area (Å²) in [6.45, 7) is 0.494. The summed E-state index contributed by atoms with van der Waals surface area (Å²) in [5.41, 5.74) is 4.64. The maximum atomic E-state index is 13.4. The number of allylic oxidation sites excluding steroid dienone is 1. The molecule has 5 nitrogen and oxygen atoms in total. The number of nitrogens with one attached hydrogen (secondary N) is 3. The molecule has 4 rings (SSSR count). The topological polar surface area (TPSA) is 69.9 Å². The molecule has 1 fully saturated rings. The molecule has 3 N–H and O–H groups in total. The van der Waals surface area contributed by atoms with E-state index in [9.17, 15) is 4.79 Å². The number of aromatic nitrogens is 1. The van der Waals surface area contributed by atoms with Crippen LogP contribution in [0, 0.1) is 5.41 Å². The summed E-state index contributed by atoms with van der Waals surface area (Å²) in [5, 5.41) is 14.4. The molecule has 2 aromatic carbocycles. The first-order chi connectivity index (χ1) is 16.2. The summed E-state index contributed by atoms with van der Waals surface area (Å²) in [6.07, 6.45) is 9.25. The molecule has 1 aliphatic carbocycles. The van der Waals surface area contributed by atoms with Gasteiger partial charge in [-0.1, -0.05) is 60.7 Å². The summed E-state index contributed by atoms with van der Waals surface area (Å²) in [7, 11) is 1.81. The van der Waals surface area contributed by atoms with Gasteiger partial charge in [-0.15, -0.1) is 0 Å². The van der Waals surface area contributed by atoms with Crippen molar-refractivity contribution in [2.45, 2.75) is 44.2 Å². The lowest BCUT2D eigenvalue weighted by Crippen LogP contribution is -2.31. The van der Waals surface area contributed by atoms with Crippen LogP contribution in [0.5, 0.6) is 0 Å². The molecule has 0 amide bonds. The predicted octanol–water partition coefficient (Wildman–Crippen LogP) is 5.24. The molecule has 1 saturated carbocycles. The van der Waals surface area contributed by atoms with Gasteiger partial charge in [-0.05, 0) is 48.8 Å². The molecular formula is C28H32N4O. The zero-order valence-corrected chi connectivity index (χ0v) is 19.1. The standard InChI is InChI=1S/C28H32N4O/c1-30-18-25(17-29)24-16-27(28(33)32(20-24)19-21-8-4-2-5-9-21)31-26-14-12-23(13-15-26)22-10-6-3-7-11-22/h2-11,16-18,20,23,26,29-31H,12-15,19H2,1H3/b25-18+,29-17?/t23-,26+. The van der Waals surface area contributed by atoms with Gasteiger partial charge in [0.1, 0.15) is 5.69 Å². The van der Waals surface area contributed by atoms with Crippen molar-refractivity contribution in [1.29, 1.82) is 5.41 Å². The molecule has 0 saturated heterocycles. The van der Waals surface area contributed by atoms with Gasteiger partial charge in [-0.25, -0.2) is 0 Å². The Morgan fingerprint density at radius 3 is 2.33 bits per heavy atom. The minimum absolute atomic E-state index is 0.0263. The maximum absolute atomic E-state index is 13.4. The third-order valence-corrected chi connectivity index (χ3v) is 6.43. The number of benzene rings is 2. The smallest absolute Gasteiger partial charge is 0.274 e. The third-order valence-electron chi connectivity index (χ3n) is 6.43. The molecule has 0 bridgehead atoms. The van der Waals surface area contributed by atoms with Crippen molar-refractivity contribution in [2.75, 3.05) is 12.4 Å². The molecule has 33 heavy (non-hydrogen) atoms. The minimum Gasteiger partial charge on any atom is -0.393 e. The summed E-state index contributed by atoms with van der Waals surface area (Å²) >= 11 is 0. The van der Waals surface area contributed by atoms with Crippen LogP contribution in [0.2, 0.25) is 0 Å². The lowest BCUT2D eigenvalue weighted by atomic mass is 9.82. The molecular weight excluding hydrogens is 408 g/mol. The Morgan fingerprint density at radius 2 is 1.70 bits per heavy atom. The molecule has 170 valence electrons. The van der Waals surface area contributed by atoms with Crippen molar-refractivity contribution in [3.05, 3.63) is 106 Å². The molecule has 3 aromatic rings. The van der Waals surface area contributed by atoms with Gasteiger partial charge < -0.3 is 20.6 Å². The molecule has 0 spiro atoms. The molecule has 0 unspecified atom stereocenters. The normalized spacial score (nSPS) is 18.5. The van der Waals surface area contributed by atoms with Crippen molar-refractivity contribution in [1.82, 2.24) is 9.88 Å². The summed E-state index contributed by atoms with van der Waals surface area (Å²) in [6, 6.07) is 22.9. The van der Waals surface area contributed by atoms with Gasteiger partial charge in [0.25, 0.3) is 5.56 Å². The van der Waals surface area contributed by atoms with E-state index in [1.54, 1.807) is 10.8 Å². The Balaban J connectivity index is 1.57. The molecule has 0 radical (unpaired) electrons. The van der Waals surface area contributed by atoms with Crippen LogP contribution in [0.3, 0.4) is 0 Å². The van der Waals surface area contributed by atoms with Crippen LogP contribution in [-0.2, 0) is 6.54 Å². The van der Waals surface area contributed by atoms with Crippen LogP contribution in [0.1, 0.15) is 48.3 Å². The monoisotopic (exact) mass is 440 g/mol. The first-order valence-corrected chi connectivity index (χ1v) is 11.7. The van der Waals surface area contributed by atoms with E-state index < -0.39 is 0 Å². The average molecular weight is 441 g/mol. The van der Waals surface area contributed by atoms with Crippen molar-refractivity contribution in [3.63, 3.8) is 0 Å². The maximum Gasteiger partial charge on any atom is 0.274 e. The number of rotatable bonds is 8. The van der Waals surface area contributed by atoms with Crippen molar-refractivity contribution in [2.24, 2.45) is 0 Å². The van der Waals surface area contributed by atoms with E-state index in [4.69, 9.17) is 5.41 Å². The zero-order chi connectivity index (χ0) is 23.0. The van der Waals surface area contributed by atoms with E-state index in [1.165, 1.54) is 11.8 Å². The van der Waals surface area contributed by atoms with Gasteiger partial charge >= 0.3 is 0 Å². The summed E-state index contributed by atoms with van der Waals surface area (Å²) < 4.78 is 1.75. The number of hydrogen-bond donors (Lipinski definition) is 3. The van der Waals surface area contributed by atoms with Crippen molar-refractivity contribution < 1.29 is 0 Å². The Hall–Kier alpha value is -3.60. The average Bonchev–Trinajstić information content (AvgIpc) is 2.86. The van der Waals surface area contributed by atoms with E-state index in [1.807, 2.05) is 49.6 Å². The molecule has 0 atom stereocenters. The van der Waals surface area contributed by atoms with Crippen molar-refractivity contribution >= 4 is 17.5 Å². The number of pyridine rings is 1. The number of hydrogen-bond acceptors (Lipinski definition) is 4. The second kappa shape index (κ2) is 10.8. The van der Waals surface area contributed by atoms with Crippen LogP contribution in [0.15, 0.2) is 83.9 Å². The Morgan fingerprint density at radius 1 is 1.03 bits per heavy atom. The second-order valence-electron chi connectivity index (χ2n) is 8.70. The van der Waals surface area contributed by atoms with Gasteiger partial charge in [0.2, 0.25) is 0 Å². The zero-order valence-electron chi connectivity index (χ0n) is 19.1. The second-order valence-corrected chi connectivity index (χ2v) is 8.70. The van der Waals surface area contributed by atoms with E-state index in [0.29, 0.717) is 18.2 Å². The highest BCUT2D eigenvalue weighted by Gasteiger charge is 2.23. The van der Waals surface area contributed by atoms with Crippen molar-refractivity contribution in [3.8, 4) is 0 Å². The van der Waals surface area contributed by atoms with E-state index in [-0.39, 0.29) is 11.6 Å². The van der Waals surface area contributed by atoms with Crippen LogP contribution < -0.4 is 16.2 Å². The lowest BCUT2D eigenvalue weighted by molar-refractivity contribution is 0.412. The van der Waals surface area contributed by atoms with Crippen LogP contribution in [0.25, 0.3) is 5.57 Å². The van der Waals surface area contributed by atoms with Gasteiger partial charge in [0, 0.05) is 42.8 Å². The van der Waals surface area contributed by atoms with Gasteiger partial charge in [-0.3, -0.25) is 4.79 Å². The number of anilines is 1. The van der Waals surface area contributed by atoms with E-state index in [0.717, 1.165) is 42.4 Å². The molecule has 1 aliphatic rings. The van der Waals surface area contributed by atoms with Crippen LogP contribution in [0.4, 0.5) is 5.69 Å². The molecule has 1 aromatic heterocycles. The largest absolute Gasteiger partial charge is 0.393 e. The Kier molecular flexibility index (Phi) is 7.40. The van der Waals surface area contributed by atoms with Gasteiger partial charge in [-0.2, -0.15) is 0 Å². The fourth-order valence-corrected chi connectivity index (χ4v) is 4.67. The quantitative estimate of drug-likeness (QED) is 0.419. The number of nitrogens with zero attached hydrogens (tertiary/aromatic N) is 1. The highest BCUT2D eigenvalue weighted by molar-refractivity contribution is 6.08. The molecule has 5 heteroatoms. The third kappa shape index (κ3) is 5.61. The van der Waals surface area contributed by atoms with Crippen LogP contribution in [-0.4, -0.2) is 23.9 Å². The highest BCUT2D eigenvalue weighted by atomic mass is 16.1. The minimum atomic E-state index is -0.0263. The van der Waals surface area contributed by atoms with Crippen LogP contribution >= 0.6 is 0 Å². The SMILES string of the molecule is CN/C=C(\C=N)c1cc(N[C@H]2CC[C@@H](c3ccccc3)CC2)c(=O)n(Cc2ccccc2)c1. The Bertz CT molecular complexity index is 1140. The van der Waals surface area contributed by atoms with E-state index in [2.05, 4.69) is 41.0 Å². The lowest BCUT2D eigenvalue weighted by Gasteiger charge is -2.30. The van der Waals surface area contributed by atoms with Gasteiger partial charge in [0.05, 0.1) is 6.54 Å². The Labute approximate surface area is 195 Å². The fraction of sp³-hybridized carbons (Fsp3) is 0.286. The molecule has 1 heterocycles.